The molecule has 1 fully saturated rings. The third kappa shape index (κ3) is 2.54. The average molecular weight is 272 g/mol. The summed E-state index contributed by atoms with van der Waals surface area (Å²) in [5.41, 5.74) is 0. The Bertz CT molecular complexity index is 551. The highest BCUT2D eigenvalue weighted by atomic mass is 32.2. The SMILES string of the molecule is CC(=O)NC1CCN(S(=O)(=O)c2cnc(C)[nH]2)C1. The zero-order valence-corrected chi connectivity index (χ0v) is 11.1. The monoisotopic (exact) mass is 272 g/mol. The molecule has 1 aromatic rings. The van der Waals surface area contributed by atoms with Crippen LogP contribution in [0.2, 0.25) is 0 Å². The number of carbonyl (C=O) groups excluding carboxylic acids is 1. The van der Waals surface area contributed by atoms with Crippen LogP contribution in [0.25, 0.3) is 0 Å². The van der Waals surface area contributed by atoms with Crippen LogP contribution in [0.5, 0.6) is 0 Å². The second-order valence-electron chi connectivity index (χ2n) is 4.38. The Morgan fingerprint density at radius 1 is 1.61 bits per heavy atom. The van der Waals surface area contributed by atoms with Crippen LogP contribution in [0.3, 0.4) is 0 Å². The van der Waals surface area contributed by atoms with E-state index in [1.165, 1.54) is 17.4 Å². The Morgan fingerprint density at radius 3 is 2.89 bits per heavy atom. The van der Waals surface area contributed by atoms with Crippen molar-refractivity contribution in [1.82, 2.24) is 19.6 Å². The van der Waals surface area contributed by atoms with Gasteiger partial charge in [-0.3, -0.25) is 4.79 Å². The van der Waals surface area contributed by atoms with E-state index >= 15 is 0 Å². The summed E-state index contributed by atoms with van der Waals surface area (Å²) in [5, 5.41) is 2.83. The minimum atomic E-state index is -3.52. The van der Waals surface area contributed by atoms with Crippen molar-refractivity contribution >= 4 is 15.9 Å². The topological polar surface area (TPSA) is 95.2 Å². The van der Waals surface area contributed by atoms with E-state index in [0.717, 1.165) is 0 Å². The van der Waals surface area contributed by atoms with Crippen molar-refractivity contribution in [2.75, 3.05) is 13.1 Å². The Hall–Kier alpha value is -1.41. The van der Waals surface area contributed by atoms with Gasteiger partial charge in [0.1, 0.15) is 5.82 Å². The molecule has 7 nitrogen and oxygen atoms in total. The maximum absolute atomic E-state index is 12.2. The highest BCUT2D eigenvalue weighted by Crippen LogP contribution is 2.19. The number of carbonyl (C=O) groups is 1. The fourth-order valence-corrected chi connectivity index (χ4v) is 3.48. The van der Waals surface area contributed by atoms with Gasteiger partial charge in [-0.2, -0.15) is 4.31 Å². The first-order chi connectivity index (χ1) is 8.39. The molecule has 0 aliphatic carbocycles. The standard InChI is InChI=1S/C10H16N4O3S/c1-7-11-5-10(12-7)18(16,17)14-4-3-9(6-14)13-8(2)15/h5,9H,3-4,6H2,1-2H3,(H,11,12)(H,13,15). The number of hydrogen-bond acceptors (Lipinski definition) is 4. The van der Waals surface area contributed by atoms with Gasteiger partial charge in [0.05, 0.1) is 6.20 Å². The van der Waals surface area contributed by atoms with Gasteiger partial charge in [-0.15, -0.1) is 0 Å². The number of nitrogens with one attached hydrogen (secondary N) is 2. The summed E-state index contributed by atoms with van der Waals surface area (Å²) in [6.07, 6.45) is 1.95. The van der Waals surface area contributed by atoms with Gasteiger partial charge in [0.2, 0.25) is 5.91 Å². The van der Waals surface area contributed by atoms with Crippen LogP contribution >= 0.6 is 0 Å². The lowest BCUT2D eigenvalue weighted by Crippen LogP contribution is -2.37. The van der Waals surface area contributed by atoms with Gasteiger partial charge in [-0.1, -0.05) is 0 Å². The molecule has 1 atom stereocenters. The predicted molar refractivity (Wildman–Crippen MR) is 64.3 cm³/mol. The Balaban J connectivity index is 2.11. The number of sulfonamides is 1. The predicted octanol–water partition coefficient (Wildman–Crippen LogP) is -0.383. The summed E-state index contributed by atoms with van der Waals surface area (Å²) in [6, 6.07) is -0.110. The molecule has 8 heteroatoms. The quantitative estimate of drug-likeness (QED) is 0.784. The molecule has 100 valence electrons. The van der Waals surface area contributed by atoms with Crippen LogP contribution in [0.1, 0.15) is 19.2 Å². The van der Waals surface area contributed by atoms with Crippen molar-refractivity contribution in [3.8, 4) is 0 Å². The molecule has 2 heterocycles. The van der Waals surface area contributed by atoms with Gasteiger partial charge in [-0.25, -0.2) is 13.4 Å². The zero-order valence-electron chi connectivity index (χ0n) is 10.3. The number of aryl methyl sites for hydroxylation is 1. The lowest BCUT2D eigenvalue weighted by molar-refractivity contribution is -0.119. The molecule has 0 bridgehead atoms. The fourth-order valence-electron chi connectivity index (χ4n) is 2.02. The summed E-state index contributed by atoms with van der Waals surface area (Å²) >= 11 is 0. The summed E-state index contributed by atoms with van der Waals surface area (Å²) in [7, 11) is -3.52. The Labute approximate surface area is 106 Å². The molecule has 2 rings (SSSR count). The number of rotatable bonds is 3. The number of amides is 1. The molecular weight excluding hydrogens is 256 g/mol. The summed E-state index contributed by atoms with van der Waals surface area (Å²) in [4.78, 5) is 17.5. The number of hydrogen-bond donors (Lipinski definition) is 2. The number of H-pyrrole nitrogens is 1. The lowest BCUT2D eigenvalue weighted by Gasteiger charge is -2.15. The van der Waals surface area contributed by atoms with Crippen molar-refractivity contribution in [3.63, 3.8) is 0 Å². The van der Waals surface area contributed by atoms with Crippen LogP contribution in [0.4, 0.5) is 0 Å². The minimum Gasteiger partial charge on any atom is -0.352 e. The maximum Gasteiger partial charge on any atom is 0.260 e. The van der Waals surface area contributed by atoms with Crippen LogP contribution in [0.15, 0.2) is 11.2 Å². The van der Waals surface area contributed by atoms with Crippen LogP contribution in [0, 0.1) is 6.92 Å². The third-order valence-corrected chi connectivity index (χ3v) is 4.63. The molecule has 0 radical (unpaired) electrons. The molecule has 18 heavy (non-hydrogen) atoms. The first-order valence-corrected chi connectivity index (χ1v) is 7.12. The number of nitrogens with zero attached hydrogens (tertiary/aromatic N) is 2. The van der Waals surface area contributed by atoms with E-state index in [0.29, 0.717) is 25.3 Å². The van der Waals surface area contributed by atoms with Crippen molar-refractivity contribution in [1.29, 1.82) is 0 Å². The smallest absolute Gasteiger partial charge is 0.260 e. The second-order valence-corrected chi connectivity index (χ2v) is 6.29. The average Bonchev–Trinajstić information content (AvgIpc) is 2.86. The molecule has 1 amide bonds. The fraction of sp³-hybridized carbons (Fsp3) is 0.600. The molecule has 1 aliphatic heterocycles. The third-order valence-electron chi connectivity index (χ3n) is 2.86. The van der Waals surface area contributed by atoms with Gasteiger partial charge in [0, 0.05) is 26.1 Å². The summed E-state index contributed by atoms with van der Waals surface area (Å²) in [5.74, 6) is 0.419. The normalized spacial score (nSPS) is 21.1. The van der Waals surface area contributed by atoms with Gasteiger partial charge < -0.3 is 10.3 Å². The van der Waals surface area contributed by atoms with Crippen molar-refractivity contribution in [2.24, 2.45) is 0 Å². The molecule has 0 saturated carbocycles. The zero-order chi connectivity index (χ0) is 13.3. The van der Waals surface area contributed by atoms with E-state index in [1.54, 1.807) is 6.92 Å². The summed E-state index contributed by atoms with van der Waals surface area (Å²) in [6.45, 7) is 3.84. The van der Waals surface area contributed by atoms with E-state index in [1.807, 2.05) is 0 Å². The Morgan fingerprint density at radius 2 is 2.33 bits per heavy atom. The van der Waals surface area contributed by atoms with Crippen molar-refractivity contribution in [2.45, 2.75) is 31.3 Å². The van der Waals surface area contributed by atoms with Crippen LogP contribution in [-0.4, -0.2) is 47.7 Å². The van der Waals surface area contributed by atoms with E-state index in [2.05, 4.69) is 15.3 Å². The highest BCUT2D eigenvalue weighted by Gasteiger charge is 2.33. The largest absolute Gasteiger partial charge is 0.352 e. The Kier molecular flexibility index (Phi) is 3.40. The van der Waals surface area contributed by atoms with Crippen molar-refractivity contribution in [3.05, 3.63) is 12.0 Å². The summed E-state index contributed by atoms with van der Waals surface area (Å²) < 4.78 is 25.8. The molecule has 0 spiro atoms. The van der Waals surface area contributed by atoms with Crippen molar-refractivity contribution < 1.29 is 13.2 Å². The molecule has 0 aromatic carbocycles. The molecule has 1 aliphatic rings. The highest BCUT2D eigenvalue weighted by molar-refractivity contribution is 7.89. The first kappa shape index (κ1) is 13.0. The molecular formula is C10H16N4O3S. The molecule has 1 aromatic heterocycles. The minimum absolute atomic E-state index is 0.100. The van der Waals surface area contributed by atoms with E-state index < -0.39 is 10.0 Å². The van der Waals surface area contributed by atoms with Crippen LogP contribution in [-0.2, 0) is 14.8 Å². The van der Waals surface area contributed by atoms with Gasteiger partial charge in [-0.05, 0) is 13.3 Å². The van der Waals surface area contributed by atoms with Gasteiger partial charge in [0.25, 0.3) is 10.0 Å². The molecule has 1 unspecified atom stereocenters. The second kappa shape index (κ2) is 4.69. The number of aromatic nitrogens is 2. The van der Waals surface area contributed by atoms with Gasteiger partial charge in [0.15, 0.2) is 5.03 Å². The molecule has 1 saturated heterocycles. The lowest BCUT2D eigenvalue weighted by atomic mass is 10.3. The first-order valence-electron chi connectivity index (χ1n) is 5.68. The number of aromatic amines is 1. The van der Waals surface area contributed by atoms with Gasteiger partial charge >= 0.3 is 0 Å². The van der Waals surface area contributed by atoms with E-state index in [-0.39, 0.29) is 17.0 Å². The van der Waals surface area contributed by atoms with Crippen LogP contribution < -0.4 is 5.32 Å². The van der Waals surface area contributed by atoms with E-state index in [9.17, 15) is 13.2 Å². The van der Waals surface area contributed by atoms with E-state index in [4.69, 9.17) is 0 Å². The molecule has 2 N–H and O–H groups in total. The maximum atomic E-state index is 12.2. The number of imidazole rings is 1.